The fourth-order valence-electron chi connectivity index (χ4n) is 1.46. The maximum Gasteiger partial charge on any atom is 0.186 e. The molecule has 0 radical (unpaired) electrons. The molecule has 0 saturated carbocycles. The molecule has 0 atom stereocenters. The fourth-order valence-corrected chi connectivity index (χ4v) is 2.02. The Bertz CT molecular complexity index is 525. The van der Waals surface area contributed by atoms with Crippen LogP contribution in [0.5, 0.6) is 5.75 Å². The Balaban J connectivity index is 2.22. The van der Waals surface area contributed by atoms with Crippen molar-refractivity contribution in [1.82, 2.24) is 4.98 Å². The lowest BCUT2D eigenvalue weighted by molar-refractivity contribution is 0.0987. The zero-order valence-corrected chi connectivity index (χ0v) is 9.96. The van der Waals surface area contributed by atoms with Crippen LogP contribution in [0.2, 0.25) is 0 Å². The van der Waals surface area contributed by atoms with Gasteiger partial charge < -0.3 is 4.74 Å². The van der Waals surface area contributed by atoms with Crippen LogP contribution in [-0.4, -0.2) is 17.9 Å². The molecule has 0 spiro atoms. The highest BCUT2D eigenvalue weighted by molar-refractivity contribution is 7.07. The highest BCUT2D eigenvalue weighted by Crippen LogP contribution is 2.21. The molecule has 88 valence electrons. The van der Waals surface area contributed by atoms with Gasteiger partial charge in [0.15, 0.2) is 17.3 Å². The van der Waals surface area contributed by atoms with Gasteiger partial charge >= 0.3 is 0 Å². The topological polar surface area (TPSA) is 39.2 Å². The first-order valence-corrected chi connectivity index (χ1v) is 5.89. The van der Waals surface area contributed by atoms with E-state index in [1.54, 1.807) is 23.0 Å². The molecule has 0 unspecified atom stereocenters. The monoisotopic (exact) mass is 251 g/mol. The van der Waals surface area contributed by atoms with E-state index in [-0.39, 0.29) is 18.0 Å². The number of benzene rings is 1. The molecule has 17 heavy (non-hydrogen) atoms. The van der Waals surface area contributed by atoms with Crippen molar-refractivity contribution in [2.75, 3.05) is 7.11 Å². The van der Waals surface area contributed by atoms with Gasteiger partial charge in [0, 0.05) is 11.8 Å². The molecule has 5 heteroatoms. The quantitative estimate of drug-likeness (QED) is 0.784. The van der Waals surface area contributed by atoms with E-state index in [2.05, 4.69) is 4.98 Å². The van der Waals surface area contributed by atoms with Crippen molar-refractivity contribution in [3.05, 3.63) is 46.2 Å². The lowest BCUT2D eigenvalue weighted by Crippen LogP contribution is -2.06. The van der Waals surface area contributed by atoms with Crippen molar-refractivity contribution in [2.24, 2.45) is 0 Å². The van der Waals surface area contributed by atoms with Gasteiger partial charge in [-0.2, -0.15) is 0 Å². The van der Waals surface area contributed by atoms with E-state index in [4.69, 9.17) is 4.74 Å². The first-order chi connectivity index (χ1) is 8.22. The number of aromatic nitrogens is 1. The van der Waals surface area contributed by atoms with E-state index in [9.17, 15) is 9.18 Å². The minimum atomic E-state index is -0.487. The summed E-state index contributed by atoms with van der Waals surface area (Å²) in [6, 6.07) is 4.75. The Kier molecular flexibility index (Phi) is 3.49. The van der Waals surface area contributed by atoms with Crippen LogP contribution in [0.3, 0.4) is 0 Å². The normalized spacial score (nSPS) is 10.2. The van der Waals surface area contributed by atoms with Crippen LogP contribution in [0.4, 0.5) is 4.39 Å². The molecule has 2 rings (SSSR count). The minimum absolute atomic E-state index is 0.00718. The fraction of sp³-hybridized carbons (Fsp3) is 0.167. The number of hydrogen-bond acceptors (Lipinski definition) is 4. The number of ether oxygens (including phenoxy) is 1. The number of rotatable bonds is 4. The molecule has 0 N–H and O–H groups in total. The van der Waals surface area contributed by atoms with Crippen LogP contribution in [0.15, 0.2) is 29.1 Å². The molecule has 0 amide bonds. The molecule has 0 aliphatic heterocycles. The third-order valence-corrected chi connectivity index (χ3v) is 2.92. The molecular weight excluding hydrogens is 241 g/mol. The number of carbonyl (C=O) groups excluding carboxylic acids is 1. The van der Waals surface area contributed by atoms with Crippen LogP contribution in [0, 0.1) is 5.82 Å². The van der Waals surface area contributed by atoms with Crippen molar-refractivity contribution in [3.63, 3.8) is 0 Å². The molecule has 1 heterocycles. The van der Waals surface area contributed by atoms with Crippen molar-refractivity contribution in [1.29, 1.82) is 0 Å². The lowest BCUT2D eigenvalue weighted by atomic mass is 10.1. The van der Waals surface area contributed by atoms with Crippen LogP contribution in [-0.2, 0) is 6.42 Å². The summed E-state index contributed by atoms with van der Waals surface area (Å²) in [5.74, 6) is -0.537. The van der Waals surface area contributed by atoms with Gasteiger partial charge in [0.1, 0.15) is 5.69 Å². The predicted molar refractivity (Wildman–Crippen MR) is 63.1 cm³/mol. The number of thiazole rings is 1. The Morgan fingerprint density at radius 2 is 2.35 bits per heavy atom. The van der Waals surface area contributed by atoms with Gasteiger partial charge in [-0.05, 0) is 11.6 Å². The van der Waals surface area contributed by atoms with Gasteiger partial charge in [-0.3, -0.25) is 4.79 Å². The summed E-state index contributed by atoms with van der Waals surface area (Å²) in [5, 5.41) is 1.65. The van der Waals surface area contributed by atoms with Crippen LogP contribution >= 0.6 is 11.3 Å². The third-order valence-electron chi connectivity index (χ3n) is 2.33. The van der Waals surface area contributed by atoms with Crippen LogP contribution < -0.4 is 4.74 Å². The molecule has 1 aromatic carbocycles. The molecule has 0 aliphatic rings. The van der Waals surface area contributed by atoms with Crippen molar-refractivity contribution < 1.29 is 13.9 Å². The number of hydrogen-bond donors (Lipinski definition) is 0. The minimum Gasteiger partial charge on any atom is -0.494 e. The highest BCUT2D eigenvalue weighted by Gasteiger charge is 2.14. The molecular formula is C12H10FNO2S. The number of nitrogens with zero attached hydrogens (tertiary/aromatic N) is 1. The number of halogens is 1. The maximum atomic E-state index is 13.8. The van der Waals surface area contributed by atoms with Crippen LogP contribution in [0.1, 0.15) is 16.1 Å². The molecule has 0 saturated heterocycles. The van der Waals surface area contributed by atoms with E-state index in [0.29, 0.717) is 11.3 Å². The summed E-state index contributed by atoms with van der Waals surface area (Å²) in [6.07, 6.45) is -0.00718. The second-order valence-electron chi connectivity index (χ2n) is 3.41. The zero-order valence-electron chi connectivity index (χ0n) is 9.14. The second kappa shape index (κ2) is 5.05. The standard InChI is InChI=1S/C12H10FNO2S/c1-16-11-4-2-3-8(12(11)13)5-10(15)9-6-17-7-14-9/h2-4,6-7H,5H2,1H3. The van der Waals surface area contributed by atoms with E-state index >= 15 is 0 Å². The number of methoxy groups -OCH3 is 1. The summed E-state index contributed by atoms with van der Waals surface area (Å²) in [7, 11) is 1.39. The van der Waals surface area contributed by atoms with Gasteiger partial charge in [-0.25, -0.2) is 9.37 Å². The summed E-state index contributed by atoms with van der Waals surface area (Å²) >= 11 is 1.34. The van der Waals surface area contributed by atoms with E-state index in [1.165, 1.54) is 24.5 Å². The maximum absolute atomic E-state index is 13.8. The van der Waals surface area contributed by atoms with E-state index < -0.39 is 5.82 Å². The van der Waals surface area contributed by atoms with Crippen molar-refractivity contribution in [3.8, 4) is 5.75 Å². The lowest BCUT2D eigenvalue weighted by Gasteiger charge is -2.05. The smallest absolute Gasteiger partial charge is 0.186 e. The van der Waals surface area contributed by atoms with Gasteiger partial charge in [0.05, 0.1) is 12.6 Å². The van der Waals surface area contributed by atoms with Crippen molar-refractivity contribution in [2.45, 2.75) is 6.42 Å². The molecule has 0 fully saturated rings. The van der Waals surface area contributed by atoms with Crippen molar-refractivity contribution >= 4 is 17.1 Å². The largest absolute Gasteiger partial charge is 0.494 e. The highest BCUT2D eigenvalue weighted by atomic mass is 32.1. The summed E-state index contributed by atoms with van der Waals surface area (Å²) in [4.78, 5) is 15.7. The van der Waals surface area contributed by atoms with Gasteiger partial charge in [0.2, 0.25) is 0 Å². The first kappa shape index (κ1) is 11.7. The molecule has 0 bridgehead atoms. The van der Waals surface area contributed by atoms with E-state index in [0.717, 1.165) is 0 Å². The average molecular weight is 251 g/mol. The Morgan fingerprint density at radius 1 is 1.53 bits per heavy atom. The summed E-state index contributed by atoms with van der Waals surface area (Å²) in [5.41, 5.74) is 2.27. The number of carbonyl (C=O) groups is 1. The number of ketones is 1. The Hall–Kier alpha value is -1.75. The number of Topliss-reactive ketones (excluding diaryl/α,β-unsaturated/α-hetero) is 1. The molecule has 3 nitrogen and oxygen atoms in total. The van der Waals surface area contributed by atoms with Gasteiger partial charge in [-0.1, -0.05) is 12.1 Å². The molecule has 0 aliphatic carbocycles. The third kappa shape index (κ3) is 2.50. The Labute approximate surface area is 102 Å². The zero-order chi connectivity index (χ0) is 12.3. The van der Waals surface area contributed by atoms with E-state index in [1.807, 2.05) is 0 Å². The predicted octanol–water partition coefficient (Wildman–Crippen LogP) is 2.72. The first-order valence-electron chi connectivity index (χ1n) is 4.95. The molecule has 1 aromatic heterocycles. The summed E-state index contributed by atoms with van der Waals surface area (Å²) < 4.78 is 18.6. The second-order valence-corrected chi connectivity index (χ2v) is 4.13. The molecule has 2 aromatic rings. The summed E-state index contributed by atoms with van der Waals surface area (Å²) in [6.45, 7) is 0. The SMILES string of the molecule is COc1cccc(CC(=O)c2cscn2)c1F. The van der Waals surface area contributed by atoms with Gasteiger partial charge in [0.25, 0.3) is 0 Å². The van der Waals surface area contributed by atoms with Crippen LogP contribution in [0.25, 0.3) is 0 Å². The average Bonchev–Trinajstić information content (AvgIpc) is 2.85. The van der Waals surface area contributed by atoms with Gasteiger partial charge in [-0.15, -0.1) is 11.3 Å². The Morgan fingerprint density at radius 3 is 3.00 bits per heavy atom.